The van der Waals surface area contributed by atoms with Crippen LogP contribution in [0, 0.1) is 23.2 Å². The average molecular weight is 196 g/mol. The van der Waals surface area contributed by atoms with E-state index in [0.29, 0.717) is 5.92 Å². The Morgan fingerprint density at radius 3 is 2.00 bits per heavy atom. The van der Waals surface area contributed by atoms with Crippen LogP contribution in [0.2, 0.25) is 0 Å². The Balaban J connectivity index is 2.16. The molecule has 2 bridgehead atoms. The molecule has 0 aromatic heterocycles. The van der Waals surface area contributed by atoms with E-state index in [4.69, 9.17) is 0 Å². The summed E-state index contributed by atoms with van der Waals surface area (Å²) in [5, 5.41) is 10.7. The zero-order chi connectivity index (χ0) is 10.6. The van der Waals surface area contributed by atoms with Crippen LogP contribution in [0.1, 0.15) is 53.4 Å². The SMILES string of the molecule is CC(C)(C)C(C)(O)C1CC2CCC1C2. The van der Waals surface area contributed by atoms with Crippen molar-refractivity contribution in [2.45, 2.75) is 59.0 Å². The van der Waals surface area contributed by atoms with Gasteiger partial charge in [-0.1, -0.05) is 27.2 Å². The van der Waals surface area contributed by atoms with E-state index in [9.17, 15) is 5.11 Å². The van der Waals surface area contributed by atoms with Gasteiger partial charge in [-0.05, 0) is 49.4 Å². The molecule has 1 nitrogen and oxygen atoms in total. The molecule has 2 aliphatic carbocycles. The van der Waals surface area contributed by atoms with E-state index in [1.54, 1.807) is 0 Å². The normalized spacial score (nSPS) is 41.4. The van der Waals surface area contributed by atoms with Gasteiger partial charge in [-0.15, -0.1) is 0 Å². The summed E-state index contributed by atoms with van der Waals surface area (Å²) < 4.78 is 0. The second kappa shape index (κ2) is 2.98. The van der Waals surface area contributed by atoms with E-state index in [0.717, 1.165) is 11.8 Å². The molecular formula is C13H24O. The van der Waals surface area contributed by atoms with Gasteiger partial charge < -0.3 is 5.11 Å². The molecule has 2 fully saturated rings. The Morgan fingerprint density at radius 1 is 1.00 bits per heavy atom. The molecule has 14 heavy (non-hydrogen) atoms. The third-order valence-corrected chi connectivity index (χ3v) is 4.98. The van der Waals surface area contributed by atoms with E-state index in [1.807, 2.05) is 0 Å². The highest BCUT2D eigenvalue weighted by Gasteiger charge is 2.51. The zero-order valence-corrected chi connectivity index (χ0v) is 10.0. The van der Waals surface area contributed by atoms with E-state index in [1.165, 1.54) is 25.7 Å². The van der Waals surface area contributed by atoms with Crippen LogP contribution in [0.25, 0.3) is 0 Å². The second-order valence-corrected chi connectivity index (χ2v) is 6.68. The monoisotopic (exact) mass is 196 g/mol. The summed E-state index contributed by atoms with van der Waals surface area (Å²) in [5.41, 5.74) is -0.463. The van der Waals surface area contributed by atoms with Crippen molar-refractivity contribution in [2.75, 3.05) is 0 Å². The van der Waals surface area contributed by atoms with Gasteiger partial charge >= 0.3 is 0 Å². The van der Waals surface area contributed by atoms with E-state index < -0.39 is 5.60 Å². The molecule has 2 rings (SSSR count). The summed E-state index contributed by atoms with van der Waals surface area (Å²) >= 11 is 0. The van der Waals surface area contributed by atoms with Gasteiger partial charge in [-0.2, -0.15) is 0 Å². The molecule has 2 aliphatic rings. The van der Waals surface area contributed by atoms with Gasteiger partial charge in [0.25, 0.3) is 0 Å². The maximum Gasteiger partial charge on any atom is 0.0698 e. The number of fused-ring (bicyclic) bond motifs is 2. The van der Waals surface area contributed by atoms with Gasteiger partial charge in [0, 0.05) is 0 Å². The summed E-state index contributed by atoms with van der Waals surface area (Å²) in [6.07, 6.45) is 5.44. The first kappa shape index (κ1) is 10.5. The summed E-state index contributed by atoms with van der Waals surface area (Å²) in [5.74, 6) is 2.30. The molecule has 0 radical (unpaired) electrons. The first-order valence-corrected chi connectivity index (χ1v) is 6.05. The van der Waals surface area contributed by atoms with Crippen LogP contribution in [0.5, 0.6) is 0 Å². The third-order valence-electron chi connectivity index (χ3n) is 4.98. The van der Waals surface area contributed by atoms with E-state index in [-0.39, 0.29) is 5.41 Å². The highest BCUT2D eigenvalue weighted by atomic mass is 16.3. The molecule has 0 aromatic carbocycles. The summed E-state index contributed by atoms with van der Waals surface area (Å²) in [6.45, 7) is 8.55. The molecule has 0 amide bonds. The molecule has 4 atom stereocenters. The van der Waals surface area contributed by atoms with Crippen molar-refractivity contribution < 1.29 is 5.11 Å². The number of hydrogen-bond donors (Lipinski definition) is 1. The lowest BCUT2D eigenvalue weighted by molar-refractivity contribution is -0.105. The Bertz CT molecular complexity index is 224. The Kier molecular flexibility index (Phi) is 2.23. The van der Waals surface area contributed by atoms with Gasteiger partial charge in [-0.25, -0.2) is 0 Å². The minimum atomic E-state index is -0.479. The van der Waals surface area contributed by atoms with Crippen LogP contribution in [0.4, 0.5) is 0 Å². The molecule has 1 N–H and O–H groups in total. The van der Waals surface area contributed by atoms with Crippen LogP contribution in [-0.4, -0.2) is 10.7 Å². The van der Waals surface area contributed by atoms with Crippen LogP contribution in [-0.2, 0) is 0 Å². The topological polar surface area (TPSA) is 20.2 Å². The van der Waals surface area contributed by atoms with Crippen LogP contribution < -0.4 is 0 Å². The molecule has 0 aromatic rings. The standard InChI is InChI=1S/C13H24O/c1-12(2,3)13(4,14)11-8-9-5-6-10(11)7-9/h9-11,14H,5-8H2,1-4H3. The minimum Gasteiger partial charge on any atom is -0.389 e. The molecule has 82 valence electrons. The molecule has 0 spiro atoms. The number of rotatable bonds is 1. The zero-order valence-electron chi connectivity index (χ0n) is 10.0. The van der Waals surface area contributed by atoms with Crippen LogP contribution >= 0.6 is 0 Å². The van der Waals surface area contributed by atoms with Gasteiger partial charge in [0.1, 0.15) is 0 Å². The quantitative estimate of drug-likeness (QED) is 0.682. The predicted octanol–water partition coefficient (Wildman–Crippen LogP) is 3.22. The minimum absolute atomic E-state index is 0.0160. The van der Waals surface area contributed by atoms with Gasteiger partial charge in [0.15, 0.2) is 0 Å². The fourth-order valence-electron chi connectivity index (χ4n) is 3.49. The molecule has 1 heteroatoms. The van der Waals surface area contributed by atoms with E-state index in [2.05, 4.69) is 27.7 Å². The summed E-state index contributed by atoms with van der Waals surface area (Å²) in [7, 11) is 0. The Labute approximate surface area is 87.9 Å². The van der Waals surface area contributed by atoms with Crippen molar-refractivity contribution in [3.05, 3.63) is 0 Å². The van der Waals surface area contributed by atoms with Crippen molar-refractivity contribution in [3.8, 4) is 0 Å². The lowest BCUT2D eigenvalue weighted by atomic mass is 9.65. The number of aliphatic hydroxyl groups is 1. The van der Waals surface area contributed by atoms with Crippen LogP contribution in [0.15, 0.2) is 0 Å². The van der Waals surface area contributed by atoms with Crippen molar-refractivity contribution >= 4 is 0 Å². The Morgan fingerprint density at radius 2 is 1.64 bits per heavy atom. The highest BCUT2D eigenvalue weighted by molar-refractivity contribution is 5.02. The fraction of sp³-hybridized carbons (Fsp3) is 1.00. The van der Waals surface area contributed by atoms with Crippen molar-refractivity contribution in [3.63, 3.8) is 0 Å². The fourth-order valence-corrected chi connectivity index (χ4v) is 3.49. The molecule has 0 saturated heterocycles. The summed E-state index contributed by atoms with van der Waals surface area (Å²) in [4.78, 5) is 0. The van der Waals surface area contributed by atoms with Crippen LogP contribution in [0.3, 0.4) is 0 Å². The average Bonchev–Trinajstić information content (AvgIpc) is 2.61. The number of hydrogen-bond acceptors (Lipinski definition) is 1. The van der Waals surface area contributed by atoms with Crippen molar-refractivity contribution in [1.29, 1.82) is 0 Å². The first-order valence-electron chi connectivity index (χ1n) is 6.05. The third kappa shape index (κ3) is 1.41. The van der Waals surface area contributed by atoms with Gasteiger partial charge in [0.2, 0.25) is 0 Å². The van der Waals surface area contributed by atoms with Gasteiger partial charge in [0.05, 0.1) is 5.60 Å². The first-order chi connectivity index (χ1) is 6.32. The second-order valence-electron chi connectivity index (χ2n) is 6.68. The molecule has 2 saturated carbocycles. The molecular weight excluding hydrogens is 172 g/mol. The molecule has 0 heterocycles. The van der Waals surface area contributed by atoms with Crippen molar-refractivity contribution in [2.24, 2.45) is 23.2 Å². The van der Waals surface area contributed by atoms with Crippen molar-refractivity contribution in [1.82, 2.24) is 0 Å². The van der Waals surface area contributed by atoms with Gasteiger partial charge in [-0.3, -0.25) is 0 Å². The molecule has 0 aliphatic heterocycles. The predicted molar refractivity (Wildman–Crippen MR) is 59.0 cm³/mol. The lowest BCUT2D eigenvalue weighted by Crippen LogP contribution is -2.48. The summed E-state index contributed by atoms with van der Waals surface area (Å²) in [6, 6.07) is 0. The highest BCUT2D eigenvalue weighted by Crippen LogP contribution is 2.55. The Hall–Kier alpha value is -0.0400. The molecule has 4 unspecified atom stereocenters. The maximum absolute atomic E-state index is 10.7. The van der Waals surface area contributed by atoms with E-state index >= 15 is 0 Å². The smallest absolute Gasteiger partial charge is 0.0698 e. The largest absolute Gasteiger partial charge is 0.389 e. The maximum atomic E-state index is 10.7. The lowest BCUT2D eigenvalue weighted by Gasteiger charge is -2.45.